The lowest BCUT2D eigenvalue weighted by Crippen LogP contribution is -2.33. The van der Waals surface area contributed by atoms with Crippen molar-refractivity contribution in [1.29, 1.82) is 0 Å². The molecule has 0 aliphatic heterocycles. The third-order valence-corrected chi connectivity index (χ3v) is 3.38. The summed E-state index contributed by atoms with van der Waals surface area (Å²) in [6.07, 6.45) is 1.97. The molecule has 0 bridgehead atoms. The van der Waals surface area contributed by atoms with E-state index in [0.29, 0.717) is 6.42 Å². The number of rotatable bonds is 5. The van der Waals surface area contributed by atoms with Gasteiger partial charge >= 0.3 is 5.97 Å². The molecule has 0 aliphatic carbocycles. The van der Waals surface area contributed by atoms with Gasteiger partial charge in [-0.1, -0.05) is 55.8 Å². The molecule has 0 aromatic heterocycles. The lowest BCUT2D eigenvalue weighted by Gasteiger charge is -2.29. The number of esters is 1. The number of fused-ring (bicyclic) bond motifs is 1. The fourth-order valence-corrected chi connectivity index (χ4v) is 2.61. The summed E-state index contributed by atoms with van der Waals surface area (Å²) in [6.45, 7) is 3.30. The van der Waals surface area contributed by atoms with Gasteiger partial charge in [0.1, 0.15) is 0 Å². The summed E-state index contributed by atoms with van der Waals surface area (Å²) < 4.78 is 5.41. The Bertz CT molecular complexity index is 628. The number of ether oxygens (including phenoxy) is 1. The Morgan fingerprint density at radius 3 is 2.55 bits per heavy atom. The molecule has 2 rings (SSSR count). The van der Waals surface area contributed by atoms with Crippen LogP contribution in [0.4, 0.5) is 0 Å². The highest BCUT2D eigenvalue weighted by Crippen LogP contribution is 2.34. The molecule has 104 valence electrons. The van der Waals surface area contributed by atoms with E-state index in [9.17, 15) is 9.59 Å². The molecule has 0 saturated carbocycles. The predicted molar refractivity (Wildman–Crippen MR) is 78.4 cm³/mol. The van der Waals surface area contributed by atoms with Gasteiger partial charge < -0.3 is 4.74 Å². The van der Waals surface area contributed by atoms with Crippen molar-refractivity contribution in [2.75, 3.05) is 0 Å². The third-order valence-electron chi connectivity index (χ3n) is 3.38. The third kappa shape index (κ3) is 2.57. The number of aldehydes is 1. The van der Waals surface area contributed by atoms with E-state index in [-0.39, 0.29) is 0 Å². The summed E-state index contributed by atoms with van der Waals surface area (Å²) in [5.41, 5.74) is -0.441. The van der Waals surface area contributed by atoms with Gasteiger partial charge in [0.25, 0.3) is 0 Å². The van der Waals surface area contributed by atoms with Crippen molar-refractivity contribution in [2.24, 2.45) is 0 Å². The molecule has 2 aromatic carbocycles. The number of carbonyl (C=O) groups excluding carboxylic acids is 2. The lowest BCUT2D eigenvalue weighted by molar-refractivity contribution is -0.162. The van der Waals surface area contributed by atoms with Crippen LogP contribution in [-0.4, -0.2) is 12.3 Å². The Morgan fingerprint density at radius 2 is 1.90 bits per heavy atom. The summed E-state index contributed by atoms with van der Waals surface area (Å²) >= 11 is 0. The Morgan fingerprint density at radius 1 is 1.20 bits per heavy atom. The van der Waals surface area contributed by atoms with Gasteiger partial charge in [-0.2, -0.15) is 0 Å². The molecule has 3 heteroatoms. The van der Waals surface area contributed by atoms with Crippen molar-refractivity contribution in [3.8, 4) is 0 Å². The van der Waals surface area contributed by atoms with Crippen LogP contribution in [0.1, 0.15) is 32.3 Å². The molecule has 0 fully saturated rings. The predicted octanol–water partition coefficient (Wildman–Crippen LogP) is 3.60. The molecule has 0 radical (unpaired) electrons. The van der Waals surface area contributed by atoms with Gasteiger partial charge in [0.2, 0.25) is 0 Å². The molecule has 0 heterocycles. The highest BCUT2D eigenvalue weighted by atomic mass is 16.6. The van der Waals surface area contributed by atoms with Gasteiger partial charge in [0, 0.05) is 12.5 Å². The molecule has 3 nitrogen and oxygen atoms in total. The van der Waals surface area contributed by atoms with Crippen molar-refractivity contribution in [3.05, 3.63) is 48.0 Å². The minimum absolute atomic E-state index is 0.446. The molecular weight excluding hydrogens is 252 g/mol. The first-order valence-electron chi connectivity index (χ1n) is 6.77. The average Bonchev–Trinajstić information content (AvgIpc) is 2.45. The van der Waals surface area contributed by atoms with Gasteiger partial charge in [0.15, 0.2) is 11.9 Å². The van der Waals surface area contributed by atoms with E-state index in [1.165, 1.54) is 6.92 Å². The second-order valence-corrected chi connectivity index (χ2v) is 4.88. The van der Waals surface area contributed by atoms with Crippen LogP contribution in [0.3, 0.4) is 0 Å². The SMILES string of the molecule is CCCC(C=O)(OC(C)=O)c1cccc2ccccc12. The molecular formula is C17H18O3. The molecule has 2 aromatic rings. The maximum absolute atomic E-state index is 11.7. The van der Waals surface area contributed by atoms with Crippen LogP contribution in [0.25, 0.3) is 10.8 Å². The van der Waals surface area contributed by atoms with E-state index in [0.717, 1.165) is 29.0 Å². The number of hydrogen-bond donors (Lipinski definition) is 0. The van der Waals surface area contributed by atoms with Crippen LogP contribution in [0.5, 0.6) is 0 Å². The van der Waals surface area contributed by atoms with E-state index >= 15 is 0 Å². The van der Waals surface area contributed by atoms with E-state index in [2.05, 4.69) is 0 Å². The first kappa shape index (κ1) is 14.3. The first-order valence-corrected chi connectivity index (χ1v) is 6.77. The van der Waals surface area contributed by atoms with E-state index in [1.54, 1.807) is 0 Å². The zero-order valence-electron chi connectivity index (χ0n) is 11.8. The van der Waals surface area contributed by atoms with Crippen molar-refractivity contribution in [3.63, 3.8) is 0 Å². The summed E-state index contributed by atoms with van der Waals surface area (Å²) in [6, 6.07) is 13.5. The van der Waals surface area contributed by atoms with Crippen LogP contribution >= 0.6 is 0 Å². The summed E-state index contributed by atoms with van der Waals surface area (Å²) in [5.74, 6) is -0.446. The van der Waals surface area contributed by atoms with Crippen molar-refractivity contribution < 1.29 is 14.3 Å². The van der Waals surface area contributed by atoms with Gasteiger partial charge in [-0.3, -0.25) is 9.59 Å². The van der Waals surface area contributed by atoms with Crippen molar-refractivity contribution >= 4 is 23.0 Å². The van der Waals surface area contributed by atoms with Crippen molar-refractivity contribution in [2.45, 2.75) is 32.3 Å². The van der Waals surface area contributed by atoms with Gasteiger partial charge in [-0.15, -0.1) is 0 Å². The van der Waals surface area contributed by atoms with Crippen LogP contribution in [-0.2, 0) is 19.9 Å². The molecule has 0 spiro atoms. The van der Waals surface area contributed by atoms with E-state index in [4.69, 9.17) is 4.74 Å². The molecule has 0 saturated heterocycles. The minimum atomic E-state index is -1.19. The summed E-state index contributed by atoms with van der Waals surface area (Å²) in [4.78, 5) is 23.1. The van der Waals surface area contributed by atoms with E-state index < -0.39 is 11.6 Å². The van der Waals surface area contributed by atoms with Crippen LogP contribution < -0.4 is 0 Å². The summed E-state index contributed by atoms with van der Waals surface area (Å²) in [5, 5.41) is 1.97. The molecule has 1 unspecified atom stereocenters. The fourth-order valence-electron chi connectivity index (χ4n) is 2.61. The van der Waals surface area contributed by atoms with Gasteiger partial charge in [0.05, 0.1) is 0 Å². The normalized spacial score (nSPS) is 13.7. The minimum Gasteiger partial charge on any atom is -0.447 e. The zero-order chi connectivity index (χ0) is 14.6. The quantitative estimate of drug-likeness (QED) is 0.616. The molecule has 1 atom stereocenters. The maximum Gasteiger partial charge on any atom is 0.303 e. The van der Waals surface area contributed by atoms with Gasteiger partial charge in [-0.25, -0.2) is 0 Å². The number of benzene rings is 2. The number of hydrogen-bond acceptors (Lipinski definition) is 3. The second-order valence-electron chi connectivity index (χ2n) is 4.88. The van der Waals surface area contributed by atoms with Crippen LogP contribution in [0, 0.1) is 0 Å². The van der Waals surface area contributed by atoms with Crippen LogP contribution in [0.2, 0.25) is 0 Å². The number of carbonyl (C=O) groups is 2. The topological polar surface area (TPSA) is 43.4 Å². The van der Waals surface area contributed by atoms with E-state index in [1.807, 2.05) is 49.4 Å². The second kappa shape index (κ2) is 5.87. The average molecular weight is 270 g/mol. The Hall–Kier alpha value is -2.16. The Kier molecular flexibility index (Phi) is 4.18. The summed E-state index contributed by atoms with van der Waals surface area (Å²) in [7, 11) is 0. The van der Waals surface area contributed by atoms with Crippen molar-refractivity contribution in [1.82, 2.24) is 0 Å². The monoisotopic (exact) mass is 270 g/mol. The Balaban J connectivity index is 2.67. The molecule has 20 heavy (non-hydrogen) atoms. The zero-order valence-corrected chi connectivity index (χ0v) is 11.8. The molecule has 0 aliphatic rings. The highest BCUT2D eigenvalue weighted by molar-refractivity contribution is 5.90. The van der Waals surface area contributed by atoms with Crippen LogP contribution in [0.15, 0.2) is 42.5 Å². The Labute approximate surface area is 118 Å². The lowest BCUT2D eigenvalue weighted by atomic mass is 9.86. The molecule has 0 N–H and O–H groups in total. The van der Waals surface area contributed by atoms with Gasteiger partial charge in [-0.05, 0) is 17.2 Å². The first-order chi connectivity index (χ1) is 9.63. The smallest absolute Gasteiger partial charge is 0.303 e. The highest BCUT2D eigenvalue weighted by Gasteiger charge is 2.35. The maximum atomic E-state index is 11.7. The fraction of sp³-hybridized carbons (Fsp3) is 0.294. The largest absolute Gasteiger partial charge is 0.447 e. The standard InChI is InChI=1S/C17H18O3/c1-3-11-17(12-18,20-13(2)19)16-10-6-8-14-7-4-5-9-15(14)16/h4-10,12H,3,11H2,1-2H3. The molecule has 0 amide bonds.